The summed E-state index contributed by atoms with van der Waals surface area (Å²) < 4.78 is 1.93. The number of hydrogen-bond donors (Lipinski definition) is 1. The number of nitrogens with zero attached hydrogens (tertiary/aromatic N) is 2. The number of rotatable bonds is 8. The fourth-order valence-electron chi connectivity index (χ4n) is 1.97. The van der Waals surface area contributed by atoms with Crippen molar-refractivity contribution < 1.29 is 0 Å². The molecule has 4 heteroatoms. The van der Waals surface area contributed by atoms with Gasteiger partial charge in [-0.15, -0.1) is 0 Å². The van der Waals surface area contributed by atoms with E-state index < -0.39 is 0 Å². The summed E-state index contributed by atoms with van der Waals surface area (Å²) in [4.78, 5) is 4.30. The number of hydrogen-bond acceptors (Lipinski definition) is 2. The van der Waals surface area contributed by atoms with Gasteiger partial charge in [0.15, 0.2) is 0 Å². The Hall–Kier alpha value is -0.540. The van der Waals surface area contributed by atoms with Crippen molar-refractivity contribution >= 4 is 11.6 Å². The van der Waals surface area contributed by atoms with Crippen molar-refractivity contribution in [1.82, 2.24) is 14.9 Å². The molecular formula is C13H24ClN3. The van der Waals surface area contributed by atoms with Crippen LogP contribution < -0.4 is 5.32 Å². The van der Waals surface area contributed by atoms with Gasteiger partial charge in [-0.3, -0.25) is 0 Å². The molecule has 0 saturated heterocycles. The standard InChI is InChI=1S/C13H24ClN3/c1-4-6-8-11(7-5-2)15-10-13-16-9-12(14)17(13)3/h9,11,15H,4-8,10H2,1-3H3. The predicted molar refractivity (Wildman–Crippen MR) is 73.3 cm³/mol. The van der Waals surface area contributed by atoms with Gasteiger partial charge in [-0.1, -0.05) is 44.7 Å². The van der Waals surface area contributed by atoms with E-state index in [0.29, 0.717) is 11.2 Å². The predicted octanol–water partition coefficient (Wildman–Crippen LogP) is 3.52. The molecule has 0 radical (unpaired) electrons. The smallest absolute Gasteiger partial charge is 0.128 e. The minimum Gasteiger partial charge on any atom is -0.321 e. The highest BCUT2D eigenvalue weighted by atomic mass is 35.5. The average Bonchev–Trinajstić information content (AvgIpc) is 2.64. The highest BCUT2D eigenvalue weighted by molar-refractivity contribution is 6.29. The van der Waals surface area contributed by atoms with E-state index >= 15 is 0 Å². The van der Waals surface area contributed by atoms with Crippen molar-refractivity contribution in [3.63, 3.8) is 0 Å². The number of nitrogens with one attached hydrogen (secondary N) is 1. The van der Waals surface area contributed by atoms with Gasteiger partial charge in [-0.2, -0.15) is 0 Å². The summed E-state index contributed by atoms with van der Waals surface area (Å²) >= 11 is 5.96. The molecule has 3 nitrogen and oxygen atoms in total. The fourth-order valence-corrected chi connectivity index (χ4v) is 2.12. The zero-order chi connectivity index (χ0) is 12.7. The van der Waals surface area contributed by atoms with E-state index in [9.17, 15) is 0 Å². The summed E-state index contributed by atoms with van der Waals surface area (Å²) in [6, 6.07) is 0.607. The van der Waals surface area contributed by atoms with E-state index in [2.05, 4.69) is 24.1 Å². The Morgan fingerprint density at radius 3 is 2.65 bits per heavy atom. The molecule has 1 aromatic rings. The lowest BCUT2D eigenvalue weighted by Gasteiger charge is -2.17. The molecule has 1 unspecified atom stereocenters. The van der Waals surface area contributed by atoms with Crippen LogP contribution in [0.4, 0.5) is 0 Å². The maximum absolute atomic E-state index is 5.96. The van der Waals surface area contributed by atoms with E-state index in [1.54, 1.807) is 6.20 Å². The molecule has 0 saturated carbocycles. The molecule has 0 aliphatic rings. The first kappa shape index (κ1) is 14.5. The van der Waals surface area contributed by atoms with Gasteiger partial charge in [0.2, 0.25) is 0 Å². The van der Waals surface area contributed by atoms with E-state index in [4.69, 9.17) is 11.6 Å². The molecule has 1 aromatic heterocycles. The molecule has 98 valence electrons. The van der Waals surface area contributed by atoms with Gasteiger partial charge in [-0.25, -0.2) is 4.98 Å². The SMILES string of the molecule is CCCCC(CCC)NCc1ncc(Cl)n1C. The Balaban J connectivity index is 2.42. The molecule has 17 heavy (non-hydrogen) atoms. The third kappa shape index (κ3) is 4.68. The van der Waals surface area contributed by atoms with E-state index in [0.717, 1.165) is 12.4 Å². The van der Waals surface area contributed by atoms with Crippen LogP contribution in [-0.4, -0.2) is 15.6 Å². The van der Waals surface area contributed by atoms with Crippen LogP contribution in [0.5, 0.6) is 0 Å². The van der Waals surface area contributed by atoms with Crippen LogP contribution in [0.2, 0.25) is 5.15 Å². The Morgan fingerprint density at radius 1 is 1.35 bits per heavy atom. The summed E-state index contributed by atoms with van der Waals surface area (Å²) in [7, 11) is 1.95. The molecule has 1 N–H and O–H groups in total. The minimum atomic E-state index is 0.607. The molecule has 1 atom stereocenters. The third-order valence-electron chi connectivity index (χ3n) is 3.12. The average molecular weight is 258 g/mol. The summed E-state index contributed by atoms with van der Waals surface area (Å²) in [6.07, 6.45) is 7.97. The second kappa shape index (κ2) is 7.72. The molecule has 1 rings (SSSR count). The fraction of sp³-hybridized carbons (Fsp3) is 0.769. The summed E-state index contributed by atoms with van der Waals surface area (Å²) in [5.41, 5.74) is 0. The molecule has 0 spiro atoms. The number of aromatic nitrogens is 2. The summed E-state index contributed by atoms with van der Waals surface area (Å²) in [5.74, 6) is 1.01. The lowest BCUT2D eigenvalue weighted by Crippen LogP contribution is -2.29. The van der Waals surface area contributed by atoms with E-state index in [-0.39, 0.29) is 0 Å². The van der Waals surface area contributed by atoms with E-state index in [1.807, 2.05) is 11.6 Å². The molecular weight excluding hydrogens is 234 g/mol. The van der Waals surface area contributed by atoms with Crippen LogP contribution >= 0.6 is 11.6 Å². The van der Waals surface area contributed by atoms with Gasteiger partial charge in [0.1, 0.15) is 11.0 Å². The van der Waals surface area contributed by atoms with Crippen LogP contribution in [-0.2, 0) is 13.6 Å². The third-order valence-corrected chi connectivity index (χ3v) is 3.47. The lowest BCUT2D eigenvalue weighted by atomic mass is 10.1. The van der Waals surface area contributed by atoms with E-state index in [1.165, 1.54) is 32.1 Å². The second-order valence-corrected chi connectivity index (χ2v) is 4.95. The maximum Gasteiger partial charge on any atom is 0.128 e. The van der Waals surface area contributed by atoms with Crippen LogP contribution in [0, 0.1) is 0 Å². The molecule has 1 heterocycles. The zero-order valence-corrected chi connectivity index (χ0v) is 11.9. The van der Waals surface area contributed by atoms with Crippen LogP contribution in [0.3, 0.4) is 0 Å². The zero-order valence-electron chi connectivity index (χ0n) is 11.2. The van der Waals surface area contributed by atoms with Crippen LogP contribution in [0.15, 0.2) is 6.20 Å². The summed E-state index contributed by atoms with van der Waals surface area (Å²) in [6.45, 7) is 5.28. The molecule has 0 amide bonds. The van der Waals surface area contributed by atoms with Crippen molar-refractivity contribution in [2.45, 2.75) is 58.5 Å². The first-order valence-corrected chi connectivity index (χ1v) is 6.96. The monoisotopic (exact) mass is 257 g/mol. The Labute approximate surface area is 110 Å². The highest BCUT2D eigenvalue weighted by Crippen LogP contribution is 2.11. The van der Waals surface area contributed by atoms with Crippen molar-refractivity contribution in [2.75, 3.05) is 0 Å². The van der Waals surface area contributed by atoms with Gasteiger partial charge in [-0.05, 0) is 12.8 Å². The molecule has 0 aliphatic heterocycles. The van der Waals surface area contributed by atoms with Gasteiger partial charge < -0.3 is 9.88 Å². The molecule has 0 bridgehead atoms. The maximum atomic E-state index is 5.96. The Bertz CT molecular complexity index is 322. The first-order chi connectivity index (χ1) is 8.19. The van der Waals surface area contributed by atoms with Crippen molar-refractivity contribution in [2.24, 2.45) is 7.05 Å². The molecule has 0 aromatic carbocycles. The van der Waals surface area contributed by atoms with Crippen LogP contribution in [0.1, 0.15) is 51.8 Å². The topological polar surface area (TPSA) is 29.9 Å². The first-order valence-electron chi connectivity index (χ1n) is 6.58. The second-order valence-electron chi connectivity index (χ2n) is 4.56. The molecule has 0 aliphatic carbocycles. The van der Waals surface area contributed by atoms with Crippen molar-refractivity contribution in [3.05, 3.63) is 17.2 Å². The normalized spacial score (nSPS) is 12.9. The Kier molecular flexibility index (Phi) is 6.60. The molecule has 0 fully saturated rings. The number of unbranched alkanes of at least 4 members (excludes halogenated alkanes) is 1. The van der Waals surface area contributed by atoms with Gasteiger partial charge in [0.25, 0.3) is 0 Å². The van der Waals surface area contributed by atoms with Crippen molar-refractivity contribution in [1.29, 1.82) is 0 Å². The minimum absolute atomic E-state index is 0.607. The van der Waals surface area contributed by atoms with Crippen molar-refractivity contribution in [3.8, 4) is 0 Å². The van der Waals surface area contributed by atoms with Gasteiger partial charge >= 0.3 is 0 Å². The number of halogens is 1. The van der Waals surface area contributed by atoms with Crippen LogP contribution in [0.25, 0.3) is 0 Å². The van der Waals surface area contributed by atoms with Gasteiger partial charge in [0.05, 0.1) is 12.7 Å². The lowest BCUT2D eigenvalue weighted by molar-refractivity contribution is 0.426. The highest BCUT2D eigenvalue weighted by Gasteiger charge is 2.09. The number of imidazole rings is 1. The Morgan fingerprint density at radius 2 is 2.12 bits per heavy atom. The quantitative estimate of drug-likeness (QED) is 0.772. The summed E-state index contributed by atoms with van der Waals surface area (Å²) in [5, 5.41) is 4.28. The largest absolute Gasteiger partial charge is 0.321 e. The van der Waals surface area contributed by atoms with Gasteiger partial charge in [0, 0.05) is 13.1 Å².